The molecule has 5 heteroatoms. The molecule has 0 spiro atoms. The average Bonchev–Trinajstić information content (AvgIpc) is 2.39. The summed E-state index contributed by atoms with van der Waals surface area (Å²) in [5.41, 5.74) is 8.18. The highest BCUT2D eigenvalue weighted by Crippen LogP contribution is 2.18. The number of nitrogens with zero attached hydrogens (tertiary/aromatic N) is 2. The van der Waals surface area contributed by atoms with Gasteiger partial charge >= 0.3 is 0 Å². The Kier molecular flexibility index (Phi) is 4.48. The summed E-state index contributed by atoms with van der Waals surface area (Å²) in [4.78, 5) is 8.18. The Morgan fingerprint density at radius 2 is 2.17 bits per heavy atom. The number of benzene rings is 1. The first-order valence-corrected chi connectivity index (χ1v) is 6.63. The first kappa shape index (κ1) is 13.2. The standard InChI is InChI=1S/C13H14IN3O/c1-18-13-7-11(16-8-17-13)6-12(15)9-3-2-4-10(14)5-9/h2-5,7-8,12H,6,15H2,1H3. The van der Waals surface area contributed by atoms with Crippen molar-refractivity contribution in [2.75, 3.05) is 7.11 Å². The predicted molar refractivity (Wildman–Crippen MR) is 78.4 cm³/mol. The summed E-state index contributed by atoms with van der Waals surface area (Å²) >= 11 is 2.28. The second-order valence-corrected chi connectivity index (χ2v) is 5.16. The van der Waals surface area contributed by atoms with Crippen LogP contribution >= 0.6 is 22.6 Å². The van der Waals surface area contributed by atoms with E-state index in [9.17, 15) is 0 Å². The highest BCUT2D eigenvalue weighted by atomic mass is 127. The predicted octanol–water partition coefficient (Wildman–Crippen LogP) is 2.33. The highest BCUT2D eigenvalue weighted by molar-refractivity contribution is 14.1. The minimum Gasteiger partial charge on any atom is -0.481 e. The van der Waals surface area contributed by atoms with Crippen molar-refractivity contribution in [3.63, 3.8) is 0 Å². The van der Waals surface area contributed by atoms with Crippen LogP contribution in [-0.2, 0) is 6.42 Å². The molecule has 0 fully saturated rings. The lowest BCUT2D eigenvalue weighted by atomic mass is 10.0. The number of hydrogen-bond acceptors (Lipinski definition) is 4. The molecule has 0 amide bonds. The van der Waals surface area contributed by atoms with Crippen molar-refractivity contribution >= 4 is 22.6 Å². The van der Waals surface area contributed by atoms with Crippen LogP contribution in [0.5, 0.6) is 5.88 Å². The molecule has 2 rings (SSSR count). The molecule has 4 nitrogen and oxygen atoms in total. The number of halogens is 1. The Balaban J connectivity index is 2.13. The van der Waals surface area contributed by atoms with Gasteiger partial charge in [0.05, 0.1) is 7.11 Å². The number of aromatic nitrogens is 2. The fourth-order valence-corrected chi connectivity index (χ4v) is 2.25. The summed E-state index contributed by atoms with van der Waals surface area (Å²) in [7, 11) is 1.59. The smallest absolute Gasteiger partial charge is 0.216 e. The van der Waals surface area contributed by atoms with E-state index < -0.39 is 0 Å². The van der Waals surface area contributed by atoms with Gasteiger partial charge < -0.3 is 10.5 Å². The monoisotopic (exact) mass is 355 g/mol. The maximum atomic E-state index is 6.18. The van der Waals surface area contributed by atoms with Crippen molar-refractivity contribution in [2.45, 2.75) is 12.5 Å². The summed E-state index contributed by atoms with van der Waals surface area (Å²) < 4.78 is 6.25. The number of rotatable bonds is 4. The quantitative estimate of drug-likeness (QED) is 0.856. The van der Waals surface area contributed by atoms with E-state index in [0.29, 0.717) is 12.3 Å². The molecular formula is C13H14IN3O. The summed E-state index contributed by atoms with van der Waals surface area (Å²) in [6.07, 6.45) is 2.16. The van der Waals surface area contributed by atoms with E-state index in [1.807, 2.05) is 24.3 Å². The number of ether oxygens (including phenoxy) is 1. The molecule has 0 radical (unpaired) electrons. The number of hydrogen-bond donors (Lipinski definition) is 1. The van der Waals surface area contributed by atoms with E-state index in [0.717, 1.165) is 11.3 Å². The normalized spacial score (nSPS) is 12.2. The first-order chi connectivity index (χ1) is 8.69. The first-order valence-electron chi connectivity index (χ1n) is 5.55. The van der Waals surface area contributed by atoms with Crippen LogP contribution in [0.2, 0.25) is 0 Å². The highest BCUT2D eigenvalue weighted by Gasteiger charge is 2.09. The zero-order valence-corrected chi connectivity index (χ0v) is 12.2. The van der Waals surface area contributed by atoms with Crippen LogP contribution in [0.15, 0.2) is 36.7 Å². The van der Waals surface area contributed by atoms with Crippen LogP contribution < -0.4 is 10.5 Å². The minimum atomic E-state index is -0.0701. The van der Waals surface area contributed by atoms with Gasteiger partial charge in [-0.2, -0.15) is 0 Å². The summed E-state index contributed by atoms with van der Waals surface area (Å²) in [5, 5.41) is 0. The van der Waals surface area contributed by atoms with E-state index >= 15 is 0 Å². The maximum Gasteiger partial charge on any atom is 0.216 e. The van der Waals surface area contributed by atoms with Crippen LogP contribution in [0.4, 0.5) is 0 Å². The lowest BCUT2D eigenvalue weighted by molar-refractivity contribution is 0.395. The van der Waals surface area contributed by atoms with Crippen LogP contribution in [0.3, 0.4) is 0 Å². The van der Waals surface area contributed by atoms with Crippen LogP contribution in [0.25, 0.3) is 0 Å². The minimum absolute atomic E-state index is 0.0701. The Bertz CT molecular complexity index is 533. The lowest BCUT2D eigenvalue weighted by Gasteiger charge is -2.12. The largest absolute Gasteiger partial charge is 0.481 e. The van der Waals surface area contributed by atoms with E-state index in [2.05, 4.69) is 38.6 Å². The average molecular weight is 355 g/mol. The van der Waals surface area contributed by atoms with Gasteiger partial charge in [-0.25, -0.2) is 9.97 Å². The van der Waals surface area contributed by atoms with Gasteiger partial charge in [0, 0.05) is 27.8 Å². The lowest BCUT2D eigenvalue weighted by Crippen LogP contribution is -2.14. The molecule has 0 aliphatic heterocycles. The van der Waals surface area contributed by atoms with Crippen molar-refractivity contribution in [3.05, 3.63) is 51.5 Å². The molecule has 0 saturated heterocycles. The molecule has 2 N–H and O–H groups in total. The molecule has 0 saturated carbocycles. The van der Waals surface area contributed by atoms with Gasteiger partial charge in [0.2, 0.25) is 5.88 Å². The molecule has 1 unspecified atom stereocenters. The molecule has 0 aliphatic rings. The fraction of sp³-hybridized carbons (Fsp3) is 0.231. The fourth-order valence-electron chi connectivity index (χ4n) is 1.68. The van der Waals surface area contributed by atoms with Crippen molar-refractivity contribution in [1.29, 1.82) is 0 Å². The molecule has 0 aliphatic carbocycles. The van der Waals surface area contributed by atoms with Gasteiger partial charge in [-0.15, -0.1) is 0 Å². The van der Waals surface area contributed by atoms with Crippen LogP contribution in [0.1, 0.15) is 17.3 Å². The molecule has 1 atom stereocenters. The molecule has 2 aromatic rings. The molecule has 0 bridgehead atoms. The Hall–Kier alpha value is -1.21. The number of nitrogens with two attached hydrogens (primary N) is 1. The van der Waals surface area contributed by atoms with Crippen LogP contribution in [-0.4, -0.2) is 17.1 Å². The van der Waals surface area contributed by atoms with Crippen molar-refractivity contribution in [2.24, 2.45) is 5.73 Å². The summed E-state index contributed by atoms with van der Waals surface area (Å²) in [5.74, 6) is 0.565. The summed E-state index contributed by atoms with van der Waals surface area (Å²) in [6, 6.07) is 9.92. The Morgan fingerprint density at radius 3 is 2.89 bits per heavy atom. The van der Waals surface area contributed by atoms with E-state index in [-0.39, 0.29) is 6.04 Å². The topological polar surface area (TPSA) is 61.0 Å². The molecule has 94 valence electrons. The van der Waals surface area contributed by atoms with Gasteiger partial charge in [0.1, 0.15) is 6.33 Å². The molecule has 1 aromatic carbocycles. The SMILES string of the molecule is COc1cc(CC(N)c2cccc(I)c2)ncn1. The van der Waals surface area contributed by atoms with E-state index in [4.69, 9.17) is 10.5 Å². The summed E-state index contributed by atoms with van der Waals surface area (Å²) in [6.45, 7) is 0. The van der Waals surface area contributed by atoms with Gasteiger partial charge in [-0.05, 0) is 40.3 Å². The molecule has 1 heterocycles. The second kappa shape index (κ2) is 6.10. The molecular weight excluding hydrogens is 341 g/mol. The van der Waals surface area contributed by atoms with Gasteiger partial charge in [-0.1, -0.05) is 12.1 Å². The van der Waals surface area contributed by atoms with E-state index in [1.165, 1.54) is 9.90 Å². The van der Waals surface area contributed by atoms with Gasteiger partial charge in [0.15, 0.2) is 0 Å². The van der Waals surface area contributed by atoms with Gasteiger partial charge in [0.25, 0.3) is 0 Å². The third-order valence-electron chi connectivity index (χ3n) is 2.61. The van der Waals surface area contributed by atoms with Gasteiger partial charge in [-0.3, -0.25) is 0 Å². The zero-order chi connectivity index (χ0) is 13.0. The van der Waals surface area contributed by atoms with Crippen molar-refractivity contribution in [1.82, 2.24) is 9.97 Å². The molecule has 18 heavy (non-hydrogen) atoms. The van der Waals surface area contributed by atoms with Crippen molar-refractivity contribution < 1.29 is 4.74 Å². The van der Waals surface area contributed by atoms with Crippen LogP contribution in [0, 0.1) is 3.57 Å². The third-order valence-corrected chi connectivity index (χ3v) is 3.28. The Morgan fingerprint density at radius 1 is 1.33 bits per heavy atom. The zero-order valence-electron chi connectivity index (χ0n) is 10.0. The van der Waals surface area contributed by atoms with E-state index in [1.54, 1.807) is 7.11 Å². The third kappa shape index (κ3) is 3.39. The molecule has 1 aromatic heterocycles. The Labute approximate surface area is 120 Å². The number of methoxy groups -OCH3 is 1. The maximum absolute atomic E-state index is 6.18. The second-order valence-electron chi connectivity index (χ2n) is 3.92. The van der Waals surface area contributed by atoms with Crippen molar-refractivity contribution in [3.8, 4) is 5.88 Å².